The molecule has 1 unspecified atom stereocenters. The number of methoxy groups -OCH3 is 1. The lowest BCUT2D eigenvalue weighted by atomic mass is 9.93. The third-order valence-electron chi connectivity index (χ3n) is 4.44. The molecule has 1 aromatic heterocycles. The molecule has 0 radical (unpaired) electrons. The van der Waals surface area contributed by atoms with E-state index in [0.717, 1.165) is 22.9 Å². The van der Waals surface area contributed by atoms with E-state index < -0.39 is 5.60 Å². The first-order chi connectivity index (χ1) is 11.8. The number of nitrogens with zero attached hydrogens (tertiary/aromatic N) is 1. The van der Waals surface area contributed by atoms with Crippen LogP contribution in [0.4, 0.5) is 4.79 Å². The fourth-order valence-corrected chi connectivity index (χ4v) is 3.32. The Morgan fingerprint density at radius 2 is 2.00 bits per heavy atom. The molecule has 1 saturated heterocycles. The van der Waals surface area contributed by atoms with Crippen LogP contribution in [0.5, 0.6) is 0 Å². The third-order valence-corrected chi connectivity index (χ3v) is 4.44. The summed E-state index contributed by atoms with van der Waals surface area (Å²) in [6.07, 6.45) is 2.42. The first kappa shape index (κ1) is 17.3. The molecule has 6 nitrogen and oxygen atoms in total. The number of carbonyl (C=O) groups is 2. The largest absolute Gasteiger partial charge is 0.465 e. The van der Waals surface area contributed by atoms with E-state index in [1.165, 1.54) is 7.11 Å². The van der Waals surface area contributed by atoms with E-state index in [1.807, 2.05) is 39.1 Å². The number of amides is 1. The van der Waals surface area contributed by atoms with Gasteiger partial charge in [-0.3, -0.25) is 0 Å². The van der Waals surface area contributed by atoms with E-state index in [-0.39, 0.29) is 18.0 Å². The van der Waals surface area contributed by atoms with E-state index in [9.17, 15) is 9.59 Å². The zero-order chi connectivity index (χ0) is 18.2. The minimum absolute atomic E-state index is 0.220. The molecule has 0 spiro atoms. The number of fused-ring (bicyclic) bond motifs is 1. The van der Waals surface area contributed by atoms with E-state index >= 15 is 0 Å². The third kappa shape index (κ3) is 3.48. The van der Waals surface area contributed by atoms with Crippen LogP contribution in [0.25, 0.3) is 10.9 Å². The minimum Gasteiger partial charge on any atom is -0.465 e. The number of aromatic amines is 1. The molecule has 25 heavy (non-hydrogen) atoms. The van der Waals surface area contributed by atoms with Crippen molar-refractivity contribution in [1.82, 2.24) is 9.88 Å². The van der Waals surface area contributed by atoms with Gasteiger partial charge in [-0.05, 0) is 44.9 Å². The molecule has 134 valence electrons. The summed E-state index contributed by atoms with van der Waals surface area (Å²) in [6.45, 7) is 6.89. The molecule has 0 bridgehead atoms. The zero-order valence-corrected chi connectivity index (χ0v) is 15.1. The second-order valence-electron chi connectivity index (χ2n) is 7.37. The predicted octanol–water partition coefficient (Wildman–Crippen LogP) is 3.68. The Bertz CT molecular complexity index is 803. The lowest BCUT2D eigenvalue weighted by Crippen LogP contribution is -2.35. The number of H-pyrrole nitrogens is 1. The highest BCUT2D eigenvalue weighted by molar-refractivity contribution is 6.04. The summed E-state index contributed by atoms with van der Waals surface area (Å²) in [5.74, 6) is -0.140. The Kier molecular flexibility index (Phi) is 4.45. The van der Waals surface area contributed by atoms with Crippen LogP contribution in [0, 0.1) is 0 Å². The van der Waals surface area contributed by atoms with Gasteiger partial charge < -0.3 is 19.4 Å². The fraction of sp³-hybridized carbons (Fsp3) is 0.474. The second kappa shape index (κ2) is 6.43. The van der Waals surface area contributed by atoms with Gasteiger partial charge in [-0.25, -0.2) is 9.59 Å². The number of esters is 1. The molecule has 1 aromatic carbocycles. The molecular weight excluding hydrogens is 320 g/mol. The maximum Gasteiger partial charge on any atom is 0.410 e. The number of nitrogens with one attached hydrogen (secondary N) is 1. The molecule has 0 saturated carbocycles. The lowest BCUT2D eigenvalue weighted by Gasteiger charge is -2.24. The summed E-state index contributed by atoms with van der Waals surface area (Å²) in [7, 11) is 1.38. The van der Waals surface area contributed by atoms with Crippen LogP contribution in [-0.2, 0) is 9.47 Å². The molecule has 1 amide bonds. The highest BCUT2D eigenvalue weighted by Crippen LogP contribution is 2.34. The summed E-state index contributed by atoms with van der Waals surface area (Å²) in [4.78, 5) is 29.1. The van der Waals surface area contributed by atoms with Crippen LogP contribution in [0.2, 0.25) is 0 Å². The second-order valence-corrected chi connectivity index (χ2v) is 7.37. The van der Waals surface area contributed by atoms with E-state index in [1.54, 1.807) is 11.0 Å². The number of benzene rings is 1. The number of rotatable bonds is 2. The number of aromatic nitrogens is 1. The normalized spacial score (nSPS) is 17.8. The maximum absolute atomic E-state index is 12.3. The monoisotopic (exact) mass is 344 g/mol. The van der Waals surface area contributed by atoms with Crippen molar-refractivity contribution in [2.45, 2.75) is 38.7 Å². The van der Waals surface area contributed by atoms with Gasteiger partial charge in [0.05, 0.1) is 18.2 Å². The maximum atomic E-state index is 12.3. The first-order valence-corrected chi connectivity index (χ1v) is 8.46. The Morgan fingerprint density at radius 3 is 2.68 bits per heavy atom. The number of ether oxygens (including phenoxy) is 2. The molecule has 3 rings (SSSR count). The standard InChI is InChI=1S/C19H24N2O4/c1-19(2,3)25-18(23)21-10-8-12(11-21)13-5-6-15(17(22)24-4)16-14(13)7-9-20-16/h5-7,9,12,20H,8,10-11H2,1-4H3. The number of hydrogen-bond acceptors (Lipinski definition) is 4. The molecule has 2 aromatic rings. The molecule has 1 N–H and O–H groups in total. The van der Waals surface area contributed by atoms with E-state index in [4.69, 9.17) is 9.47 Å². The highest BCUT2D eigenvalue weighted by atomic mass is 16.6. The number of carbonyl (C=O) groups excluding carboxylic acids is 2. The van der Waals surface area contributed by atoms with Crippen molar-refractivity contribution in [1.29, 1.82) is 0 Å². The minimum atomic E-state index is -0.495. The van der Waals surface area contributed by atoms with Crippen molar-refractivity contribution in [2.24, 2.45) is 0 Å². The van der Waals surface area contributed by atoms with E-state index in [0.29, 0.717) is 18.7 Å². The van der Waals surface area contributed by atoms with E-state index in [2.05, 4.69) is 4.98 Å². The van der Waals surface area contributed by atoms with Crippen LogP contribution in [0.1, 0.15) is 49.0 Å². The van der Waals surface area contributed by atoms with Gasteiger partial charge in [0.2, 0.25) is 0 Å². The molecule has 0 aliphatic carbocycles. The highest BCUT2D eigenvalue weighted by Gasteiger charge is 2.31. The van der Waals surface area contributed by atoms with Gasteiger partial charge >= 0.3 is 12.1 Å². The quantitative estimate of drug-likeness (QED) is 0.844. The summed E-state index contributed by atoms with van der Waals surface area (Å²) < 4.78 is 10.3. The lowest BCUT2D eigenvalue weighted by molar-refractivity contribution is 0.0292. The SMILES string of the molecule is COC(=O)c1ccc(C2CCN(C(=O)OC(C)(C)C)C2)c2cc[nH]c12. The van der Waals surface area contributed by atoms with Gasteiger partial charge in [-0.2, -0.15) is 0 Å². The van der Waals surface area contributed by atoms with Gasteiger partial charge in [0.25, 0.3) is 0 Å². The first-order valence-electron chi connectivity index (χ1n) is 8.46. The Balaban J connectivity index is 1.83. The molecule has 1 fully saturated rings. The molecule has 6 heteroatoms. The predicted molar refractivity (Wildman–Crippen MR) is 94.8 cm³/mol. The Hall–Kier alpha value is -2.50. The molecule has 1 aliphatic rings. The van der Waals surface area contributed by atoms with Gasteiger partial charge in [-0.15, -0.1) is 0 Å². The Labute approximate surface area is 147 Å². The summed E-state index contributed by atoms with van der Waals surface area (Å²) >= 11 is 0. The van der Waals surface area contributed by atoms with Gasteiger partial charge in [0, 0.05) is 30.6 Å². The van der Waals surface area contributed by atoms with Crippen LogP contribution in [0.15, 0.2) is 24.4 Å². The molecular formula is C19H24N2O4. The van der Waals surface area contributed by atoms with Crippen LogP contribution in [-0.4, -0.2) is 47.7 Å². The smallest absolute Gasteiger partial charge is 0.410 e. The molecule has 1 atom stereocenters. The van der Waals surface area contributed by atoms with Crippen LogP contribution in [0.3, 0.4) is 0 Å². The fourth-order valence-electron chi connectivity index (χ4n) is 3.32. The summed E-state index contributed by atoms with van der Waals surface area (Å²) in [5.41, 5.74) is 1.94. The van der Waals surface area contributed by atoms with Crippen molar-refractivity contribution in [3.05, 3.63) is 35.5 Å². The van der Waals surface area contributed by atoms with Crippen LogP contribution < -0.4 is 0 Å². The number of hydrogen-bond donors (Lipinski definition) is 1. The number of likely N-dealkylation sites (tertiary alicyclic amines) is 1. The van der Waals surface area contributed by atoms with Crippen molar-refractivity contribution in [2.75, 3.05) is 20.2 Å². The average Bonchev–Trinajstić information content (AvgIpc) is 3.20. The zero-order valence-electron chi connectivity index (χ0n) is 15.1. The molecule has 1 aliphatic heterocycles. The van der Waals surface area contributed by atoms with Crippen LogP contribution >= 0.6 is 0 Å². The average molecular weight is 344 g/mol. The van der Waals surface area contributed by atoms with Crippen molar-refractivity contribution < 1.29 is 19.1 Å². The van der Waals surface area contributed by atoms with Crippen molar-refractivity contribution in [3.8, 4) is 0 Å². The summed E-state index contributed by atoms with van der Waals surface area (Å²) in [6, 6.07) is 5.72. The summed E-state index contributed by atoms with van der Waals surface area (Å²) in [5, 5.41) is 0.999. The van der Waals surface area contributed by atoms with Gasteiger partial charge in [0.1, 0.15) is 5.60 Å². The van der Waals surface area contributed by atoms with Gasteiger partial charge in [-0.1, -0.05) is 6.07 Å². The van der Waals surface area contributed by atoms with Gasteiger partial charge in [0.15, 0.2) is 0 Å². The topological polar surface area (TPSA) is 71.6 Å². The van der Waals surface area contributed by atoms with Crippen molar-refractivity contribution in [3.63, 3.8) is 0 Å². The van der Waals surface area contributed by atoms with Crippen molar-refractivity contribution >= 4 is 23.0 Å². The molecule has 2 heterocycles. The Morgan fingerprint density at radius 1 is 1.24 bits per heavy atom.